The van der Waals surface area contributed by atoms with Gasteiger partial charge in [-0.05, 0) is 0 Å². The zero-order valence-electron chi connectivity index (χ0n) is 4.34. The second-order valence-electron chi connectivity index (χ2n) is 1.50. The Hall–Kier alpha value is -0.470. The highest BCUT2D eigenvalue weighted by Gasteiger charge is 1.98. The van der Waals surface area contributed by atoms with Crippen LogP contribution in [0.3, 0.4) is 0 Å². The molecule has 0 radical (unpaired) electrons. The molecule has 0 aliphatic carbocycles. The van der Waals surface area contributed by atoms with Crippen LogP contribution in [-0.2, 0) is 0 Å². The molecular weight excluding hydrogens is 161 g/mol. The van der Waals surface area contributed by atoms with Crippen LogP contribution in [0.25, 0.3) is 0 Å². The zero-order valence-corrected chi connectivity index (χ0v) is 5.86. The van der Waals surface area contributed by atoms with Crippen molar-refractivity contribution in [1.29, 1.82) is 0 Å². The van der Waals surface area contributed by atoms with Crippen LogP contribution in [-0.4, -0.2) is 0 Å². The van der Waals surface area contributed by atoms with E-state index in [2.05, 4.69) is 0 Å². The minimum absolute atomic E-state index is 0.272. The van der Waals surface area contributed by atoms with Gasteiger partial charge in [0.15, 0.2) is 6.20 Å². The van der Waals surface area contributed by atoms with Crippen LogP contribution in [0, 0.1) is 5.21 Å². The van der Waals surface area contributed by atoms with Crippen LogP contribution >= 0.6 is 23.2 Å². The first kappa shape index (κ1) is 6.65. The lowest BCUT2D eigenvalue weighted by Crippen LogP contribution is -2.23. The fourth-order valence-corrected chi connectivity index (χ4v) is 0.699. The summed E-state index contributed by atoms with van der Waals surface area (Å²) in [7, 11) is 0. The standard InChI is InChI=1S/C5H3Cl2NO/c6-4-1-2-8(9)3-5(4)7/h1-3H. The molecule has 2 nitrogen and oxygen atoms in total. The summed E-state index contributed by atoms with van der Waals surface area (Å²) in [5.41, 5.74) is 0. The van der Waals surface area contributed by atoms with E-state index in [0.29, 0.717) is 9.75 Å². The Balaban J connectivity index is 3.17. The Labute approximate surface area is 62.2 Å². The molecule has 4 heteroatoms. The monoisotopic (exact) mass is 163 g/mol. The molecule has 0 bridgehead atoms. The topological polar surface area (TPSA) is 26.9 Å². The summed E-state index contributed by atoms with van der Waals surface area (Å²) in [4.78, 5) is 0. The summed E-state index contributed by atoms with van der Waals surface area (Å²) in [5, 5.41) is 11.1. The van der Waals surface area contributed by atoms with Gasteiger partial charge in [-0.1, -0.05) is 23.2 Å². The highest BCUT2D eigenvalue weighted by molar-refractivity contribution is 6.41. The van der Waals surface area contributed by atoms with Crippen molar-refractivity contribution >= 4 is 23.2 Å². The summed E-state index contributed by atoms with van der Waals surface area (Å²) in [5.74, 6) is 0. The van der Waals surface area contributed by atoms with E-state index in [1.165, 1.54) is 18.5 Å². The Morgan fingerprint density at radius 2 is 2.00 bits per heavy atom. The molecule has 9 heavy (non-hydrogen) atoms. The predicted octanol–water partition coefficient (Wildman–Crippen LogP) is 1.63. The second-order valence-corrected chi connectivity index (χ2v) is 2.32. The normalized spacial score (nSPS) is 9.56. The van der Waals surface area contributed by atoms with Gasteiger partial charge in [-0.25, -0.2) is 0 Å². The van der Waals surface area contributed by atoms with Crippen molar-refractivity contribution in [2.45, 2.75) is 0 Å². The molecule has 0 spiro atoms. The van der Waals surface area contributed by atoms with Crippen molar-refractivity contribution in [2.75, 3.05) is 0 Å². The van der Waals surface area contributed by atoms with Gasteiger partial charge in [-0.15, -0.1) is 0 Å². The van der Waals surface area contributed by atoms with Crippen molar-refractivity contribution in [3.8, 4) is 0 Å². The molecule has 48 valence electrons. The summed E-state index contributed by atoms with van der Waals surface area (Å²) in [6, 6.07) is 1.44. The van der Waals surface area contributed by atoms with Crippen molar-refractivity contribution < 1.29 is 4.73 Å². The van der Waals surface area contributed by atoms with E-state index < -0.39 is 0 Å². The van der Waals surface area contributed by atoms with Gasteiger partial charge < -0.3 is 5.21 Å². The van der Waals surface area contributed by atoms with E-state index in [-0.39, 0.29) is 5.02 Å². The number of hydrogen-bond donors (Lipinski definition) is 0. The fraction of sp³-hybridized carbons (Fsp3) is 0. The van der Waals surface area contributed by atoms with Gasteiger partial charge in [0.2, 0.25) is 6.20 Å². The minimum atomic E-state index is 0.272. The maximum atomic E-state index is 10.4. The SMILES string of the molecule is [O-][n+]1ccc(Cl)c(Cl)c1. The lowest BCUT2D eigenvalue weighted by Gasteiger charge is -1.94. The molecular formula is C5H3Cl2NO. The third-order valence-corrected chi connectivity index (χ3v) is 1.56. The van der Waals surface area contributed by atoms with Gasteiger partial charge in [-0.2, -0.15) is 4.73 Å². The number of aromatic nitrogens is 1. The van der Waals surface area contributed by atoms with Gasteiger partial charge in [0, 0.05) is 6.07 Å². The molecule has 1 aromatic heterocycles. The number of hydrogen-bond acceptors (Lipinski definition) is 1. The molecule has 0 saturated heterocycles. The zero-order chi connectivity index (χ0) is 6.85. The molecule has 1 aromatic rings. The van der Waals surface area contributed by atoms with E-state index in [1.807, 2.05) is 0 Å². The molecule has 0 amide bonds. The molecule has 1 rings (SSSR count). The first-order valence-corrected chi connectivity index (χ1v) is 2.99. The van der Waals surface area contributed by atoms with Crippen LogP contribution in [0.2, 0.25) is 10.0 Å². The minimum Gasteiger partial charge on any atom is -0.619 e. The third kappa shape index (κ3) is 1.47. The molecule has 0 aliphatic heterocycles. The van der Waals surface area contributed by atoms with Crippen LogP contribution < -0.4 is 4.73 Å². The molecule has 0 aromatic carbocycles. The maximum Gasteiger partial charge on any atom is 0.200 e. The largest absolute Gasteiger partial charge is 0.619 e. The van der Waals surface area contributed by atoms with Crippen LogP contribution in [0.1, 0.15) is 0 Å². The van der Waals surface area contributed by atoms with Gasteiger partial charge in [-0.3, -0.25) is 0 Å². The van der Waals surface area contributed by atoms with Crippen molar-refractivity contribution in [3.05, 3.63) is 33.7 Å². The number of nitrogens with zero attached hydrogens (tertiary/aromatic N) is 1. The first-order valence-electron chi connectivity index (χ1n) is 2.24. The molecule has 0 atom stereocenters. The number of rotatable bonds is 0. The molecule has 0 fully saturated rings. The Bertz CT molecular complexity index is 226. The van der Waals surface area contributed by atoms with Crippen molar-refractivity contribution in [2.24, 2.45) is 0 Å². The van der Waals surface area contributed by atoms with E-state index in [9.17, 15) is 5.21 Å². The Morgan fingerprint density at radius 1 is 1.33 bits per heavy atom. The van der Waals surface area contributed by atoms with Crippen LogP contribution in [0.4, 0.5) is 0 Å². The van der Waals surface area contributed by atoms with Gasteiger partial charge in [0.1, 0.15) is 5.02 Å². The van der Waals surface area contributed by atoms with Crippen LogP contribution in [0.5, 0.6) is 0 Å². The van der Waals surface area contributed by atoms with E-state index >= 15 is 0 Å². The smallest absolute Gasteiger partial charge is 0.200 e. The molecule has 0 N–H and O–H groups in total. The first-order chi connectivity index (χ1) is 4.20. The summed E-state index contributed by atoms with van der Waals surface area (Å²) < 4.78 is 0.591. The van der Waals surface area contributed by atoms with Gasteiger partial charge >= 0.3 is 0 Å². The van der Waals surface area contributed by atoms with E-state index in [4.69, 9.17) is 23.2 Å². The van der Waals surface area contributed by atoms with Crippen molar-refractivity contribution in [1.82, 2.24) is 0 Å². The lowest BCUT2D eigenvalue weighted by atomic mass is 10.5. The fourth-order valence-electron chi connectivity index (χ4n) is 0.435. The Kier molecular flexibility index (Phi) is 1.78. The number of pyridine rings is 1. The van der Waals surface area contributed by atoms with E-state index in [1.54, 1.807) is 0 Å². The molecule has 0 unspecified atom stereocenters. The quantitative estimate of drug-likeness (QED) is 0.422. The molecule has 1 heterocycles. The Morgan fingerprint density at radius 3 is 2.44 bits per heavy atom. The maximum absolute atomic E-state index is 10.4. The summed E-state index contributed by atoms with van der Waals surface area (Å²) in [6.45, 7) is 0. The average molecular weight is 164 g/mol. The predicted molar refractivity (Wildman–Crippen MR) is 35.4 cm³/mol. The third-order valence-electron chi connectivity index (χ3n) is 0.837. The van der Waals surface area contributed by atoms with Crippen LogP contribution in [0.15, 0.2) is 18.5 Å². The second kappa shape index (κ2) is 2.42. The highest BCUT2D eigenvalue weighted by Crippen LogP contribution is 2.17. The molecule has 0 aliphatic rings. The van der Waals surface area contributed by atoms with Gasteiger partial charge in [0.25, 0.3) is 0 Å². The lowest BCUT2D eigenvalue weighted by molar-refractivity contribution is -0.605. The number of halogens is 2. The summed E-state index contributed by atoms with van der Waals surface area (Å²) >= 11 is 11.0. The molecule has 0 saturated carbocycles. The highest BCUT2D eigenvalue weighted by atomic mass is 35.5. The average Bonchev–Trinajstić information content (AvgIpc) is 1.80. The van der Waals surface area contributed by atoms with E-state index in [0.717, 1.165) is 0 Å². The van der Waals surface area contributed by atoms with Crippen molar-refractivity contribution in [3.63, 3.8) is 0 Å². The van der Waals surface area contributed by atoms with Gasteiger partial charge in [0.05, 0.1) is 5.02 Å². The summed E-state index contributed by atoms with van der Waals surface area (Å²) in [6.07, 6.45) is 2.48.